The molecule has 0 fully saturated rings. The topological polar surface area (TPSA) is 44.3 Å². The summed E-state index contributed by atoms with van der Waals surface area (Å²) in [5, 5.41) is 15.0. The molecule has 0 spiro atoms. The van der Waals surface area contributed by atoms with Crippen molar-refractivity contribution >= 4 is 11.8 Å². The van der Waals surface area contributed by atoms with E-state index in [2.05, 4.69) is 60.9 Å². The highest BCUT2D eigenvalue weighted by Gasteiger charge is 1.96. The van der Waals surface area contributed by atoms with Gasteiger partial charge in [-0.3, -0.25) is 0 Å². The Balaban J connectivity index is 2.74. The molecule has 0 amide bonds. The Morgan fingerprint density at radius 3 is 2.52 bits per heavy atom. The Labute approximate surface area is 128 Å². The zero-order valence-electron chi connectivity index (χ0n) is 13.2. The second kappa shape index (κ2) is 9.83. The molecule has 1 aromatic carbocycles. The van der Waals surface area contributed by atoms with Crippen molar-refractivity contribution in [2.75, 3.05) is 25.0 Å². The Bertz CT molecular complexity index is 498. The van der Waals surface area contributed by atoms with Gasteiger partial charge < -0.3 is 15.7 Å². The van der Waals surface area contributed by atoms with Gasteiger partial charge in [-0.05, 0) is 61.9 Å². The van der Waals surface area contributed by atoms with Crippen LogP contribution in [0.5, 0.6) is 0 Å². The van der Waals surface area contributed by atoms with E-state index in [1.165, 1.54) is 11.1 Å². The maximum atomic E-state index is 8.73. The highest BCUT2D eigenvalue weighted by atomic mass is 16.3. The van der Waals surface area contributed by atoms with E-state index < -0.39 is 0 Å². The molecule has 0 radical (unpaired) electrons. The first-order chi connectivity index (χ1) is 10.2. The Kier molecular flexibility index (Phi) is 7.99. The van der Waals surface area contributed by atoms with Gasteiger partial charge in [-0.2, -0.15) is 0 Å². The molecule has 1 aromatic rings. The smallest absolute Gasteiger partial charge is 0.0603 e. The molecule has 3 nitrogen and oxygen atoms in total. The van der Waals surface area contributed by atoms with E-state index in [1.807, 2.05) is 19.2 Å². The molecule has 0 aromatic heterocycles. The van der Waals surface area contributed by atoms with Gasteiger partial charge >= 0.3 is 0 Å². The molecule has 0 atom stereocenters. The van der Waals surface area contributed by atoms with Crippen LogP contribution in [0.25, 0.3) is 6.08 Å². The molecular formula is C18H26N2O. The third-order valence-electron chi connectivity index (χ3n) is 3.08. The molecule has 3 heteroatoms. The SMILES string of the molecule is CC=C(C=CNCCO)C(C)=Cc1ccc(NCC)cc1. The zero-order chi connectivity index (χ0) is 15.5. The van der Waals surface area contributed by atoms with Crippen molar-refractivity contribution in [3.8, 4) is 0 Å². The molecule has 0 saturated heterocycles. The number of anilines is 1. The normalized spacial score (nSPS) is 12.8. The predicted octanol–water partition coefficient (Wildman–Crippen LogP) is 3.56. The standard InChI is InChI=1S/C18H26N2O/c1-4-17(10-11-19-12-13-21)15(3)14-16-6-8-18(9-7-16)20-5-2/h4,6-11,14,19-21H,5,12-13H2,1-3H3. The summed E-state index contributed by atoms with van der Waals surface area (Å²) in [6.07, 6.45) is 8.14. The molecule has 3 N–H and O–H groups in total. The van der Waals surface area contributed by atoms with Crippen LogP contribution in [0, 0.1) is 0 Å². The van der Waals surface area contributed by atoms with Crippen LogP contribution >= 0.6 is 0 Å². The third kappa shape index (κ3) is 6.32. The van der Waals surface area contributed by atoms with E-state index in [0.29, 0.717) is 6.54 Å². The molecule has 21 heavy (non-hydrogen) atoms. The number of aliphatic hydroxyl groups excluding tert-OH is 1. The van der Waals surface area contributed by atoms with Crippen molar-refractivity contribution in [2.24, 2.45) is 0 Å². The largest absolute Gasteiger partial charge is 0.395 e. The number of hydrogen-bond donors (Lipinski definition) is 3. The molecule has 0 aliphatic rings. The van der Waals surface area contributed by atoms with Crippen molar-refractivity contribution < 1.29 is 5.11 Å². The van der Waals surface area contributed by atoms with Gasteiger partial charge in [0.1, 0.15) is 0 Å². The monoisotopic (exact) mass is 286 g/mol. The fraction of sp³-hybridized carbons (Fsp3) is 0.333. The van der Waals surface area contributed by atoms with Gasteiger partial charge in [0.25, 0.3) is 0 Å². The van der Waals surface area contributed by atoms with Crippen molar-refractivity contribution in [1.82, 2.24) is 5.32 Å². The van der Waals surface area contributed by atoms with Gasteiger partial charge in [0.2, 0.25) is 0 Å². The first-order valence-electron chi connectivity index (χ1n) is 7.41. The summed E-state index contributed by atoms with van der Waals surface area (Å²) in [5.41, 5.74) is 4.70. The number of aliphatic hydroxyl groups is 1. The molecular weight excluding hydrogens is 260 g/mol. The molecule has 114 valence electrons. The van der Waals surface area contributed by atoms with Crippen molar-refractivity contribution in [3.05, 3.63) is 59.3 Å². The van der Waals surface area contributed by atoms with Crippen molar-refractivity contribution in [2.45, 2.75) is 20.8 Å². The van der Waals surface area contributed by atoms with Crippen molar-refractivity contribution in [1.29, 1.82) is 0 Å². The van der Waals surface area contributed by atoms with E-state index in [9.17, 15) is 0 Å². The fourth-order valence-electron chi connectivity index (χ4n) is 1.99. The minimum absolute atomic E-state index is 0.141. The lowest BCUT2D eigenvalue weighted by Crippen LogP contribution is -2.10. The zero-order valence-corrected chi connectivity index (χ0v) is 13.2. The number of allylic oxidation sites excluding steroid dienone is 4. The molecule has 0 aliphatic carbocycles. The maximum absolute atomic E-state index is 8.73. The molecule has 0 heterocycles. The van der Waals surface area contributed by atoms with Gasteiger partial charge in [-0.25, -0.2) is 0 Å². The van der Waals surface area contributed by atoms with Crippen LogP contribution in [0.4, 0.5) is 5.69 Å². The summed E-state index contributed by atoms with van der Waals surface area (Å²) in [5.74, 6) is 0. The fourth-order valence-corrected chi connectivity index (χ4v) is 1.99. The first kappa shape index (κ1) is 17.1. The van der Waals surface area contributed by atoms with Gasteiger partial charge in [-0.1, -0.05) is 24.3 Å². The van der Waals surface area contributed by atoms with Crippen LogP contribution < -0.4 is 10.6 Å². The van der Waals surface area contributed by atoms with Gasteiger partial charge in [0.05, 0.1) is 6.61 Å². The van der Waals surface area contributed by atoms with E-state index in [-0.39, 0.29) is 6.61 Å². The highest BCUT2D eigenvalue weighted by Crippen LogP contribution is 2.17. The van der Waals surface area contributed by atoms with Gasteiger partial charge in [-0.15, -0.1) is 0 Å². The van der Waals surface area contributed by atoms with E-state index in [4.69, 9.17) is 5.11 Å². The van der Waals surface area contributed by atoms with Gasteiger partial charge in [0.15, 0.2) is 0 Å². The molecule has 0 unspecified atom stereocenters. The lowest BCUT2D eigenvalue weighted by molar-refractivity contribution is 0.298. The van der Waals surface area contributed by atoms with Gasteiger partial charge in [0, 0.05) is 18.8 Å². The van der Waals surface area contributed by atoms with Crippen LogP contribution in [-0.2, 0) is 0 Å². The van der Waals surface area contributed by atoms with Crippen LogP contribution in [-0.4, -0.2) is 24.8 Å². The lowest BCUT2D eigenvalue weighted by atomic mass is 10.0. The minimum Gasteiger partial charge on any atom is -0.395 e. The summed E-state index contributed by atoms with van der Waals surface area (Å²) in [4.78, 5) is 0. The number of rotatable bonds is 8. The van der Waals surface area contributed by atoms with Crippen molar-refractivity contribution in [3.63, 3.8) is 0 Å². The first-order valence-corrected chi connectivity index (χ1v) is 7.41. The Morgan fingerprint density at radius 2 is 1.95 bits per heavy atom. The highest BCUT2D eigenvalue weighted by molar-refractivity contribution is 5.61. The summed E-state index contributed by atoms with van der Waals surface area (Å²) in [6.45, 7) is 7.86. The lowest BCUT2D eigenvalue weighted by Gasteiger charge is -2.05. The second-order valence-corrected chi connectivity index (χ2v) is 4.73. The third-order valence-corrected chi connectivity index (χ3v) is 3.08. The molecule has 0 saturated carbocycles. The van der Waals surface area contributed by atoms with Crippen LogP contribution in [0.2, 0.25) is 0 Å². The number of nitrogens with one attached hydrogen (secondary N) is 2. The Morgan fingerprint density at radius 1 is 1.24 bits per heavy atom. The quantitative estimate of drug-likeness (QED) is 0.506. The molecule has 0 aliphatic heterocycles. The van der Waals surface area contributed by atoms with Crippen LogP contribution in [0.3, 0.4) is 0 Å². The van der Waals surface area contributed by atoms with E-state index >= 15 is 0 Å². The summed E-state index contributed by atoms with van der Waals surface area (Å²) >= 11 is 0. The maximum Gasteiger partial charge on any atom is 0.0603 e. The van der Waals surface area contributed by atoms with Crippen LogP contribution in [0.1, 0.15) is 26.3 Å². The van der Waals surface area contributed by atoms with E-state index in [1.54, 1.807) is 0 Å². The molecule has 1 rings (SSSR count). The van der Waals surface area contributed by atoms with E-state index in [0.717, 1.165) is 17.8 Å². The average Bonchev–Trinajstić information content (AvgIpc) is 2.49. The summed E-state index contributed by atoms with van der Waals surface area (Å²) in [6, 6.07) is 8.41. The summed E-state index contributed by atoms with van der Waals surface area (Å²) in [7, 11) is 0. The molecule has 0 bridgehead atoms. The number of hydrogen-bond acceptors (Lipinski definition) is 3. The average molecular weight is 286 g/mol. The predicted molar refractivity (Wildman–Crippen MR) is 92.2 cm³/mol. The Hall–Kier alpha value is -2.00. The number of benzene rings is 1. The summed E-state index contributed by atoms with van der Waals surface area (Å²) < 4.78 is 0. The van der Waals surface area contributed by atoms with Crippen LogP contribution in [0.15, 0.2) is 53.8 Å². The minimum atomic E-state index is 0.141. The second-order valence-electron chi connectivity index (χ2n) is 4.73.